The maximum atomic E-state index is 6.01. The van der Waals surface area contributed by atoms with E-state index in [9.17, 15) is 0 Å². The normalized spacial score (nSPS) is 11.2. The number of hydrogen-bond donors (Lipinski definition) is 1. The molecule has 106 valence electrons. The Morgan fingerprint density at radius 1 is 0.950 bits per heavy atom. The van der Waals surface area contributed by atoms with Crippen molar-refractivity contribution in [2.24, 2.45) is 0 Å². The second kappa shape index (κ2) is 6.58. The first-order valence-corrected chi connectivity index (χ1v) is 7.20. The molecule has 20 heavy (non-hydrogen) atoms. The summed E-state index contributed by atoms with van der Waals surface area (Å²) < 4.78 is 0. The van der Waals surface area contributed by atoms with Crippen LogP contribution < -0.4 is 5.73 Å². The van der Waals surface area contributed by atoms with Gasteiger partial charge in [-0.15, -0.1) is 0 Å². The van der Waals surface area contributed by atoms with Gasteiger partial charge < -0.3 is 5.73 Å². The lowest BCUT2D eigenvalue weighted by Gasteiger charge is -2.27. The Balaban J connectivity index is 2.16. The lowest BCUT2D eigenvalue weighted by Crippen LogP contribution is -2.30. The number of hydrogen-bond acceptors (Lipinski definition) is 2. The summed E-state index contributed by atoms with van der Waals surface area (Å²) in [5.74, 6) is 0. The Morgan fingerprint density at radius 2 is 1.65 bits per heavy atom. The minimum absolute atomic E-state index is 0.496. The number of nitrogens with zero attached hydrogens (tertiary/aromatic N) is 1. The Bertz CT molecular complexity index is 547. The van der Waals surface area contributed by atoms with E-state index in [0.717, 1.165) is 18.8 Å². The predicted octanol–water partition coefficient (Wildman–Crippen LogP) is 3.99. The third kappa shape index (κ3) is 3.61. The quantitative estimate of drug-likeness (QED) is 0.831. The molecule has 0 heterocycles. The molecule has 0 unspecified atom stereocenters. The van der Waals surface area contributed by atoms with Gasteiger partial charge in [-0.2, -0.15) is 0 Å². The van der Waals surface area contributed by atoms with Crippen LogP contribution in [0.25, 0.3) is 0 Å². The number of nitrogens with two attached hydrogens (primary N) is 1. The summed E-state index contributed by atoms with van der Waals surface area (Å²) in [5.41, 5.74) is 10.8. The van der Waals surface area contributed by atoms with Crippen LogP contribution in [-0.2, 0) is 13.1 Å². The first-order valence-electron chi connectivity index (χ1n) is 7.20. The molecule has 0 fully saturated rings. The van der Waals surface area contributed by atoms with Gasteiger partial charge in [0.2, 0.25) is 0 Å². The molecule has 0 atom stereocenters. The summed E-state index contributed by atoms with van der Waals surface area (Å²) in [6.07, 6.45) is 0. The van der Waals surface area contributed by atoms with E-state index < -0.39 is 0 Å². The van der Waals surface area contributed by atoms with Crippen molar-refractivity contribution in [2.75, 3.05) is 5.73 Å². The summed E-state index contributed by atoms with van der Waals surface area (Å²) in [6.45, 7) is 8.48. The van der Waals surface area contributed by atoms with Crippen molar-refractivity contribution >= 4 is 5.69 Å². The van der Waals surface area contributed by atoms with Gasteiger partial charge in [0.15, 0.2) is 0 Å². The molecule has 0 aliphatic carbocycles. The topological polar surface area (TPSA) is 29.3 Å². The third-order valence-electron chi connectivity index (χ3n) is 3.82. The Kier molecular flexibility index (Phi) is 4.80. The first-order chi connectivity index (χ1) is 9.58. The molecule has 2 nitrogen and oxygen atoms in total. The largest absolute Gasteiger partial charge is 0.399 e. The van der Waals surface area contributed by atoms with E-state index in [1.54, 1.807) is 0 Å². The third-order valence-corrected chi connectivity index (χ3v) is 3.82. The van der Waals surface area contributed by atoms with Crippen molar-refractivity contribution in [3.8, 4) is 0 Å². The molecule has 2 N–H and O–H groups in total. The van der Waals surface area contributed by atoms with Gasteiger partial charge in [0.05, 0.1) is 0 Å². The Hall–Kier alpha value is -1.80. The highest BCUT2D eigenvalue weighted by Crippen LogP contribution is 2.19. The first kappa shape index (κ1) is 14.6. The van der Waals surface area contributed by atoms with Crippen LogP contribution in [0.5, 0.6) is 0 Å². The minimum atomic E-state index is 0.496. The summed E-state index contributed by atoms with van der Waals surface area (Å²) in [4.78, 5) is 2.47. The molecular weight excluding hydrogens is 244 g/mol. The highest BCUT2D eigenvalue weighted by atomic mass is 15.1. The van der Waals surface area contributed by atoms with E-state index in [1.807, 2.05) is 12.1 Å². The van der Waals surface area contributed by atoms with Gasteiger partial charge in [-0.1, -0.05) is 42.5 Å². The van der Waals surface area contributed by atoms with E-state index in [2.05, 4.69) is 62.1 Å². The highest BCUT2D eigenvalue weighted by molar-refractivity contribution is 5.49. The molecule has 0 radical (unpaired) electrons. The SMILES string of the molecule is Cc1c(N)cccc1CN(Cc1ccccc1)C(C)C. The van der Waals surface area contributed by atoms with Crippen molar-refractivity contribution < 1.29 is 0 Å². The summed E-state index contributed by atoms with van der Waals surface area (Å²) in [7, 11) is 0. The van der Waals surface area contributed by atoms with Gasteiger partial charge in [0.25, 0.3) is 0 Å². The van der Waals surface area contributed by atoms with Crippen LogP contribution in [0.3, 0.4) is 0 Å². The summed E-state index contributed by atoms with van der Waals surface area (Å²) in [5, 5.41) is 0. The van der Waals surface area contributed by atoms with Crippen LogP contribution in [0, 0.1) is 6.92 Å². The van der Waals surface area contributed by atoms with Gasteiger partial charge >= 0.3 is 0 Å². The standard InChI is InChI=1S/C18H24N2/c1-14(2)20(12-16-8-5-4-6-9-16)13-17-10-7-11-18(19)15(17)3/h4-11,14H,12-13,19H2,1-3H3. The van der Waals surface area contributed by atoms with Crippen LogP contribution in [0.15, 0.2) is 48.5 Å². The van der Waals surface area contributed by atoms with E-state index >= 15 is 0 Å². The van der Waals surface area contributed by atoms with E-state index in [0.29, 0.717) is 6.04 Å². The van der Waals surface area contributed by atoms with Gasteiger partial charge in [-0.25, -0.2) is 0 Å². The lowest BCUT2D eigenvalue weighted by molar-refractivity contribution is 0.203. The molecule has 0 bridgehead atoms. The lowest BCUT2D eigenvalue weighted by atomic mass is 10.1. The number of rotatable bonds is 5. The molecule has 2 aromatic rings. The van der Waals surface area contributed by atoms with E-state index in [4.69, 9.17) is 5.73 Å². The molecule has 0 aliphatic rings. The molecule has 0 aliphatic heterocycles. The molecule has 0 spiro atoms. The summed E-state index contributed by atoms with van der Waals surface area (Å²) in [6, 6.07) is 17.3. The molecule has 0 amide bonds. The smallest absolute Gasteiger partial charge is 0.0346 e. The van der Waals surface area contributed by atoms with E-state index in [-0.39, 0.29) is 0 Å². The maximum Gasteiger partial charge on any atom is 0.0346 e. The molecular formula is C18H24N2. The fourth-order valence-electron chi connectivity index (χ4n) is 2.33. The minimum Gasteiger partial charge on any atom is -0.399 e. The van der Waals surface area contributed by atoms with Crippen molar-refractivity contribution in [1.82, 2.24) is 4.90 Å². The second-order valence-electron chi connectivity index (χ2n) is 5.62. The fraction of sp³-hybridized carbons (Fsp3) is 0.333. The summed E-state index contributed by atoms with van der Waals surface area (Å²) >= 11 is 0. The zero-order chi connectivity index (χ0) is 14.5. The van der Waals surface area contributed by atoms with Gasteiger partial charge in [-0.05, 0) is 43.5 Å². The molecule has 2 rings (SSSR count). The molecule has 0 saturated carbocycles. The van der Waals surface area contributed by atoms with Crippen molar-refractivity contribution in [1.29, 1.82) is 0 Å². The zero-order valence-corrected chi connectivity index (χ0v) is 12.6. The average Bonchev–Trinajstić information content (AvgIpc) is 2.44. The predicted molar refractivity (Wildman–Crippen MR) is 86.4 cm³/mol. The van der Waals surface area contributed by atoms with Gasteiger partial charge in [-0.3, -0.25) is 4.90 Å². The molecule has 2 heteroatoms. The van der Waals surface area contributed by atoms with Crippen LogP contribution in [0.4, 0.5) is 5.69 Å². The van der Waals surface area contributed by atoms with Crippen molar-refractivity contribution in [3.63, 3.8) is 0 Å². The average molecular weight is 268 g/mol. The number of benzene rings is 2. The fourth-order valence-corrected chi connectivity index (χ4v) is 2.33. The van der Waals surface area contributed by atoms with Crippen LogP contribution in [0.1, 0.15) is 30.5 Å². The molecule has 2 aromatic carbocycles. The van der Waals surface area contributed by atoms with Gasteiger partial charge in [0, 0.05) is 24.8 Å². The van der Waals surface area contributed by atoms with Crippen molar-refractivity contribution in [2.45, 2.75) is 39.9 Å². The second-order valence-corrected chi connectivity index (χ2v) is 5.62. The van der Waals surface area contributed by atoms with Crippen LogP contribution in [-0.4, -0.2) is 10.9 Å². The zero-order valence-electron chi connectivity index (χ0n) is 12.6. The molecule has 0 saturated heterocycles. The Morgan fingerprint density at radius 3 is 2.30 bits per heavy atom. The Labute approximate surface area is 122 Å². The van der Waals surface area contributed by atoms with Gasteiger partial charge in [0.1, 0.15) is 0 Å². The van der Waals surface area contributed by atoms with Crippen LogP contribution >= 0.6 is 0 Å². The van der Waals surface area contributed by atoms with Crippen molar-refractivity contribution in [3.05, 3.63) is 65.2 Å². The van der Waals surface area contributed by atoms with Crippen LogP contribution in [0.2, 0.25) is 0 Å². The monoisotopic (exact) mass is 268 g/mol. The highest BCUT2D eigenvalue weighted by Gasteiger charge is 2.12. The van der Waals surface area contributed by atoms with E-state index in [1.165, 1.54) is 16.7 Å². The molecule has 0 aromatic heterocycles. The number of anilines is 1. The maximum absolute atomic E-state index is 6.01. The number of nitrogen functional groups attached to an aromatic ring is 1.